The topological polar surface area (TPSA) is 55.5 Å². The fraction of sp³-hybridized carbons (Fsp3) is 0.222. The summed E-state index contributed by atoms with van der Waals surface area (Å²) in [6, 6.07) is 4.69. The van der Waals surface area contributed by atoms with Crippen LogP contribution < -0.4 is 4.74 Å². The molecule has 80 valence electrons. The number of aliphatic hydroxyl groups is 1. The molecule has 0 aliphatic carbocycles. The number of ether oxygens (including phenoxy) is 1. The number of rotatable bonds is 3. The number of benzene rings is 1. The van der Waals surface area contributed by atoms with E-state index in [4.69, 9.17) is 9.52 Å². The normalized spacial score (nSPS) is 11.2. The van der Waals surface area contributed by atoms with E-state index >= 15 is 0 Å². The van der Waals surface area contributed by atoms with E-state index in [-0.39, 0.29) is 6.61 Å². The first-order valence-corrected chi connectivity index (χ1v) is 4.14. The third kappa shape index (κ3) is 2.04. The summed E-state index contributed by atoms with van der Waals surface area (Å²) in [6.45, 7) is -3.11. The van der Waals surface area contributed by atoms with Gasteiger partial charge in [-0.2, -0.15) is 13.8 Å². The monoisotopic (exact) mass is 215 g/mol. The minimum absolute atomic E-state index is 0.151. The number of hydrogen-bond donors (Lipinski definition) is 1. The molecule has 0 unspecified atom stereocenters. The highest BCUT2D eigenvalue weighted by molar-refractivity contribution is 5.73. The molecule has 0 spiro atoms. The lowest BCUT2D eigenvalue weighted by Gasteiger charge is -1.95. The van der Waals surface area contributed by atoms with Crippen LogP contribution in [0.4, 0.5) is 8.78 Å². The molecule has 1 aromatic heterocycles. The second kappa shape index (κ2) is 3.82. The molecule has 15 heavy (non-hydrogen) atoms. The van der Waals surface area contributed by atoms with Crippen molar-refractivity contribution < 1.29 is 23.0 Å². The second-order valence-corrected chi connectivity index (χ2v) is 2.82. The third-order valence-electron chi connectivity index (χ3n) is 1.81. The van der Waals surface area contributed by atoms with Crippen LogP contribution in [0, 0.1) is 0 Å². The van der Waals surface area contributed by atoms with Gasteiger partial charge in [-0.3, -0.25) is 0 Å². The summed E-state index contributed by atoms with van der Waals surface area (Å²) >= 11 is 0. The van der Waals surface area contributed by atoms with Crippen LogP contribution in [-0.2, 0) is 6.61 Å². The molecule has 4 nitrogen and oxygen atoms in total. The van der Waals surface area contributed by atoms with Crippen molar-refractivity contribution in [2.75, 3.05) is 0 Å². The smallest absolute Gasteiger partial charge is 0.399 e. The lowest BCUT2D eigenvalue weighted by molar-refractivity contribution is -0.0664. The molecule has 1 N–H and O–H groups in total. The highest BCUT2D eigenvalue weighted by Gasteiger charge is 2.11. The Labute approximate surface area is 83.1 Å². The van der Waals surface area contributed by atoms with Gasteiger partial charge in [0.1, 0.15) is 5.52 Å². The van der Waals surface area contributed by atoms with Crippen LogP contribution in [-0.4, -0.2) is 16.7 Å². The molecule has 6 heteroatoms. The van der Waals surface area contributed by atoms with Crippen LogP contribution in [0.15, 0.2) is 22.6 Å². The highest BCUT2D eigenvalue weighted by Crippen LogP contribution is 2.22. The van der Waals surface area contributed by atoms with E-state index in [1.165, 1.54) is 6.07 Å². The molecule has 0 atom stereocenters. The van der Waals surface area contributed by atoms with Crippen molar-refractivity contribution in [1.29, 1.82) is 0 Å². The first kappa shape index (κ1) is 9.85. The van der Waals surface area contributed by atoms with Crippen LogP contribution in [0.5, 0.6) is 6.08 Å². The number of alkyl halides is 2. The zero-order valence-corrected chi connectivity index (χ0v) is 7.48. The lowest BCUT2D eigenvalue weighted by Crippen LogP contribution is -2.01. The first-order valence-electron chi connectivity index (χ1n) is 4.14. The molecule has 1 heterocycles. The van der Waals surface area contributed by atoms with E-state index in [9.17, 15) is 8.78 Å². The minimum Gasteiger partial charge on any atom is -0.409 e. The van der Waals surface area contributed by atoms with E-state index in [0.717, 1.165) is 0 Å². The molecule has 1 aromatic carbocycles. The van der Waals surface area contributed by atoms with Crippen molar-refractivity contribution in [1.82, 2.24) is 4.98 Å². The number of hydrogen-bond acceptors (Lipinski definition) is 4. The van der Waals surface area contributed by atoms with Crippen molar-refractivity contribution in [2.24, 2.45) is 0 Å². The van der Waals surface area contributed by atoms with E-state index in [1.54, 1.807) is 12.1 Å². The lowest BCUT2D eigenvalue weighted by atomic mass is 10.2. The Kier molecular flexibility index (Phi) is 2.51. The molecule has 0 fully saturated rings. The Morgan fingerprint density at radius 1 is 1.47 bits per heavy atom. The summed E-state index contributed by atoms with van der Waals surface area (Å²) in [7, 11) is 0. The van der Waals surface area contributed by atoms with Crippen LogP contribution in [0.25, 0.3) is 11.1 Å². The van der Waals surface area contributed by atoms with Gasteiger partial charge in [-0.25, -0.2) is 0 Å². The predicted octanol–water partition coefficient (Wildman–Crippen LogP) is 1.92. The maximum absolute atomic E-state index is 11.8. The summed E-state index contributed by atoms with van der Waals surface area (Å²) in [5.74, 6) is 0. The van der Waals surface area contributed by atoms with E-state index in [2.05, 4.69) is 9.72 Å². The molecule has 0 aliphatic heterocycles. The quantitative estimate of drug-likeness (QED) is 0.849. The summed E-state index contributed by atoms with van der Waals surface area (Å²) in [4.78, 5) is 3.68. The number of nitrogens with zero attached hydrogens (tertiary/aromatic N) is 1. The Morgan fingerprint density at radius 2 is 2.27 bits per heavy atom. The van der Waals surface area contributed by atoms with Gasteiger partial charge >= 0.3 is 12.7 Å². The predicted molar refractivity (Wildman–Crippen MR) is 46.6 cm³/mol. The van der Waals surface area contributed by atoms with Crippen molar-refractivity contribution in [3.05, 3.63) is 23.8 Å². The summed E-state index contributed by atoms with van der Waals surface area (Å²) < 4.78 is 32.6. The van der Waals surface area contributed by atoms with E-state index < -0.39 is 12.7 Å². The van der Waals surface area contributed by atoms with Gasteiger partial charge in [-0.05, 0) is 17.7 Å². The first-order chi connectivity index (χ1) is 7.19. The van der Waals surface area contributed by atoms with Crippen molar-refractivity contribution in [3.63, 3.8) is 0 Å². The zero-order valence-electron chi connectivity index (χ0n) is 7.48. The fourth-order valence-electron chi connectivity index (χ4n) is 1.17. The van der Waals surface area contributed by atoms with Crippen LogP contribution in [0.2, 0.25) is 0 Å². The fourth-order valence-corrected chi connectivity index (χ4v) is 1.17. The number of halogens is 2. The highest BCUT2D eigenvalue weighted by atomic mass is 19.3. The van der Waals surface area contributed by atoms with Crippen molar-refractivity contribution in [3.8, 4) is 6.08 Å². The number of aliphatic hydroxyl groups excluding tert-OH is 1. The summed E-state index contributed by atoms with van der Waals surface area (Å²) in [5, 5.41) is 8.84. The Balaban J connectivity index is 2.37. The molecule has 0 radical (unpaired) electrons. The van der Waals surface area contributed by atoms with E-state index in [1.807, 2.05) is 0 Å². The van der Waals surface area contributed by atoms with Crippen molar-refractivity contribution >= 4 is 11.1 Å². The van der Waals surface area contributed by atoms with Gasteiger partial charge in [0, 0.05) is 0 Å². The largest absolute Gasteiger partial charge is 0.409 e. The molecule has 0 saturated carbocycles. The molecular formula is C9H7F2NO3. The zero-order chi connectivity index (χ0) is 10.8. The van der Waals surface area contributed by atoms with Gasteiger partial charge in [0.15, 0.2) is 5.58 Å². The second-order valence-electron chi connectivity index (χ2n) is 2.82. The molecule has 0 aliphatic rings. The Hall–Kier alpha value is -1.69. The molecular weight excluding hydrogens is 208 g/mol. The van der Waals surface area contributed by atoms with Gasteiger partial charge in [-0.15, -0.1) is 0 Å². The van der Waals surface area contributed by atoms with Gasteiger partial charge in [-0.1, -0.05) is 6.07 Å². The average molecular weight is 215 g/mol. The SMILES string of the molecule is OCc1ccc2nc(OC(F)F)oc2c1. The average Bonchev–Trinajstić information content (AvgIpc) is 2.57. The van der Waals surface area contributed by atoms with Gasteiger partial charge in [0.2, 0.25) is 0 Å². The third-order valence-corrected chi connectivity index (χ3v) is 1.81. The number of fused-ring (bicyclic) bond motifs is 1. The van der Waals surface area contributed by atoms with Gasteiger partial charge < -0.3 is 14.3 Å². The van der Waals surface area contributed by atoms with Crippen LogP contribution >= 0.6 is 0 Å². The molecule has 0 bridgehead atoms. The number of oxazole rings is 1. The summed E-state index contributed by atoms with van der Waals surface area (Å²) in [5.41, 5.74) is 1.32. The minimum atomic E-state index is -2.96. The van der Waals surface area contributed by atoms with Crippen LogP contribution in [0.3, 0.4) is 0 Å². The molecule has 0 amide bonds. The maximum Gasteiger partial charge on any atom is 0.399 e. The molecule has 2 aromatic rings. The maximum atomic E-state index is 11.8. The van der Waals surface area contributed by atoms with Crippen LogP contribution in [0.1, 0.15) is 5.56 Å². The Bertz CT molecular complexity index is 469. The summed E-state index contributed by atoms with van der Waals surface area (Å²) in [6.07, 6.45) is -0.477. The molecule has 2 rings (SSSR count). The number of aromatic nitrogens is 1. The van der Waals surface area contributed by atoms with E-state index in [0.29, 0.717) is 16.7 Å². The molecule has 0 saturated heterocycles. The standard InChI is InChI=1S/C9H7F2NO3/c10-8(11)15-9-12-6-2-1-5(4-13)3-7(6)14-9/h1-3,8,13H,4H2. The van der Waals surface area contributed by atoms with Gasteiger partial charge in [0.25, 0.3) is 0 Å². The van der Waals surface area contributed by atoms with Crippen molar-refractivity contribution in [2.45, 2.75) is 13.2 Å². The Morgan fingerprint density at radius 3 is 2.93 bits per heavy atom. The van der Waals surface area contributed by atoms with Gasteiger partial charge in [0.05, 0.1) is 6.61 Å².